The maximum atomic E-state index is 11.6. The fourth-order valence-electron chi connectivity index (χ4n) is 2.76. The summed E-state index contributed by atoms with van der Waals surface area (Å²) in [6.45, 7) is 0. The fourth-order valence-corrected chi connectivity index (χ4v) is 4.11. The zero-order valence-electron chi connectivity index (χ0n) is 9.84. The van der Waals surface area contributed by atoms with Crippen LogP contribution >= 0.6 is 11.8 Å². The van der Waals surface area contributed by atoms with Crippen molar-refractivity contribution in [3.8, 4) is 0 Å². The Morgan fingerprint density at radius 2 is 1.94 bits per heavy atom. The van der Waals surface area contributed by atoms with E-state index in [2.05, 4.69) is 5.32 Å². The molecular weight excluding hydrogens is 220 g/mol. The summed E-state index contributed by atoms with van der Waals surface area (Å²) < 4.78 is 0. The predicted octanol–water partition coefficient (Wildman–Crippen LogP) is 1.66. The summed E-state index contributed by atoms with van der Waals surface area (Å²) >= 11 is 1.84. The predicted molar refractivity (Wildman–Crippen MR) is 68.5 cm³/mol. The summed E-state index contributed by atoms with van der Waals surface area (Å²) in [7, 11) is 0. The number of carbonyl (C=O) groups is 1. The quantitative estimate of drug-likeness (QED) is 0.740. The monoisotopic (exact) mass is 242 g/mol. The number of thioether (sulfide) groups is 1. The van der Waals surface area contributed by atoms with Crippen LogP contribution in [-0.2, 0) is 4.79 Å². The van der Waals surface area contributed by atoms with Crippen molar-refractivity contribution >= 4 is 17.7 Å². The molecule has 0 radical (unpaired) electrons. The third-order valence-corrected chi connectivity index (χ3v) is 5.02. The molecule has 4 heteroatoms. The van der Waals surface area contributed by atoms with Crippen molar-refractivity contribution in [2.45, 2.75) is 56.5 Å². The fraction of sp³-hybridized carbons (Fsp3) is 0.917. The highest BCUT2D eigenvalue weighted by molar-refractivity contribution is 7.99. The van der Waals surface area contributed by atoms with Crippen molar-refractivity contribution in [1.29, 1.82) is 0 Å². The van der Waals surface area contributed by atoms with Crippen molar-refractivity contribution in [2.24, 2.45) is 5.73 Å². The Labute approximate surface area is 102 Å². The van der Waals surface area contributed by atoms with E-state index in [0.717, 1.165) is 17.9 Å². The van der Waals surface area contributed by atoms with E-state index in [1.165, 1.54) is 38.5 Å². The number of hydrogen-bond acceptors (Lipinski definition) is 3. The van der Waals surface area contributed by atoms with Crippen molar-refractivity contribution in [3.63, 3.8) is 0 Å². The second-order valence-corrected chi connectivity index (χ2v) is 6.19. The number of nitrogens with two attached hydrogens (primary N) is 1. The van der Waals surface area contributed by atoms with Gasteiger partial charge in [0, 0.05) is 11.8 Å². The molecule has 0 aromatic rings. The minimum atomic E-state index is -0.403. The van der Waals surface area contributed by atoms with Gasteiger partial charge in [-0.05, 0) is 25.0 Å². The molecule has 3 N–H and O–H groups in total. The molecule has 1 heterocycles. The molecule has 1 aliphatic heterocycles. The van der Waals surface area contributed by atoms with Gasteiger partial charge in [-0.2, -0.15) is 11.8 Å². The standard InChI is InChI=1S/C12H22N2OS/c13-11(15)12(7-8-16-9-12)14-10-5-3-1-2-4-6-10/h10,14H,1-9H2,(H2,13,15). The SMILES string of the molecule is NC(=O)C1(NC2CCCCCC2)CCSC1. The van der Waals surface area contributed by atoms with Crippen LogP contribution in [0, 0.1) is 0 Å². The summed E-state index contributed by atoms with van der Waals surface area (Å²) in [5.41, 5.74) is 5.17. The molecule has 2 rings (SSSR count). The van der Waals surface area contributed by atoms with Gasteiger partial charge in [0.2, 0.25) is 5.91 Å². The molecule has 0 aromatic heterocycles. The van der Waals surface area contributed by atoms with Crippen LogP contribution < -0.4 is 11.1 Å². The van der Waals surface area contributed by atoms with E-state index < -0.39 is 5.54 Å². The zero-order chi connectivity index (χ0) is 11.4. The molecule has 1 atom stereocenters. The van der Waals surface area contributed by atoms with E-state index >= 15 is 0 Å². The van der Waals surface area contributed by atoms with Crippen LogP contribution in [-0.4, -0.2) is 29.0 Å². The Bertz CT molecular complexity index is 243. The lowest BCUT2D eigenvalue weighted by Crippen LogP contribution is -2.58. The normalized spacial score (nSPS) is 32.5. The molecule has 1 saturated carbocycles. The number of nitrogens with one attached hydrogen (secondary N) is 1. The molecule has 2 fully saturated rings. The largest absolute Gasteiger partial charge is 0.368 e. The van der Waals surface area contributed by atoms with Gasteiger partial charge in [-0.15, -0.1) is 0 Å². The molecule has 3 nitrogen and oxygen atoms in total. The van der Waals surface area contributed by atoms with Gasteiger partial charge < -0.3 is 5.73 Å². The maximum Gasteiger partial charge on any atom is 0.238 e. The summed E-state index contributed by atoms with van der Waals surface area (Å²) in [4.78, 5) is 11.6. The molecule has 0 bridgehead atoms. The van der Waals surface area contributed by atoms with E-state index in [4.69, 9.17) is 5.73 Å². The summed E-state index contributed by atoms with van der Waals surface area (Å²) in [5.74, 6) is 1.77. The first-order valence-corrected chi connectivity index (χ1v) is 7.54. The smallest absolute Gasteiger partial charge is 0.238 e. The van der Waals surface area contributed by atoms with E-state index in [9.17, 15) is 4.79 Å². The molecule has 92 valence electrons. The van der Waals surface area contributed by atoms with Gasteiger partial charge in [0.05, 0.1) is 0 Å². The lowest BCUT2D eigenvalue weighted by molar-refractivity contribution is -0.123. The minimum Gasteiger partial charge on any atom is -0.368 e. The van der Waals surface area contributed by atoms with Crippen LogP contribution in [0.25, 0.3) is 0 Å². The Hall–Kier alpha value is -0.220. The van der Waals surface area contributed by atoms with Crippen molar-refractivity contribution < 1.29 is 4.79 Å². The lowest BCUT2D eigenvalue weighted by Gasteiger charge is -2.31. The summed E-state index contributed by atoms with van der Waals surface area (Å²) in [6.07, 6.45) is 8.59. The first-order chi connectivity index (χ1) is 7.73. The third kappa shape index (κ3) is 2.72. The van der Waals surface area contributed by atoms with Gasteiger partial charge in [0.15, 0.2) is 0 Å². The van der Waals surface area contributed by atoms with Crippen LogP contribution in [0.2, 0.25) is 0 Å². The van der Waals surface area contributed by atoms with E-state index in [1.54, 1.807) is 0 Å². The average Bonchev–Trinajstić information content (AvgIpc) is 2.58. The molecule has 0 spiro atoms. The average molecular weight is 242 g/mol. The topological polar surface area (TPSA) is 55.1 Å². The molecule has 2 aliphatic rings. The van der Waals surface area contributed by atoms with Gasteiger partial charge in [-0.25, -0.2) is 0 Å². The highest BCUT2D eigenvalue weighted by atomic mass is 32.2. The van der Waals surface area contributed by atoms with E-state index in [1.807, 2.05) is 11.8 Å². The Morgan fingerprint density at radius 3 is 2.44 bits per heavy atom. The van der Waals surface area contributed by atoms with Crippen molar-refractivity contribution in [3.05, 3.63) is 0 Å². The van der Waals surface area contributed by atoms with Gasteiger partial charge in [0.1, 0.15) is 5.54 Å². The molecule has 0 aromatic carbocycles. The first kappa shape index (κ1) is 12.2. The molecule has 16 heavy (non-hydrogen) atoms. The Balaban J connectivity index is 1.96. The highest BCUT2D eigenvalue weighted by Gasteiger charge is 2.41. The number of rotatable bonds is 3. The minimum absolute atomic E-state index is 0.151. The number of carbonyl (C=O) groups excluding carboxylic acids is 1. The van der Waals surface area contributed by atoms with Crippen LogP contribution in [0.1, 0.15) is 44.9 Å². The van der Waals surface area contributed by atoms with Crippen LogP contribution in [0.4, 0.5) is 0 Å². The Kier molecular flexibility index (Phi) is 4.14. The van der Waals surface area contributed by atoms with E-state index in [-0.39, 0.29) is 5.91 Å². The highest BCUT2D eigenvalue weighted by Crippen LogP contribution is 2.30. The number of amides is 1. The van der Waals surface area contributed by atoms with Gasteiger partial charge in [-0.3, -0.25) is 10.1 Å². The molecular formula is C12H22N2OS. The van der Waals surface area contributed by atoms with Gasteiger partial charge in [0.25, 0.3) is 0 Å². The van der Waals surface area contributed by atoms with Crippen molar-refractivity contribution in [1.82, 2.24) is 5.32 Å². The molecule has 1 aliphatic carbocycles. The maximum absolute atomic E-state index is 11.6. The summed E-state index contributed by atoms with van der Waals surface area (Å²) in [6, 6.07) is 0.508. The van der Waals surface area contributed by atoms with Crippen LogP contribution in [0.5, 0.6) is 0 Å². The first-order valence-electron chi connectivity index (χ1n) is 6.38. The Morgan fingerprint density at radius 1 is 1.25 bits per heavy atom. The van der Waals surface area contributed by atoms with Gasteiger partial charge >= 0.3 is 0 Å². The van der Waals surface area contributed by atoms with Gasteiger partial charge in [-0.1, -0.05) is 25.7 Å². The van der Waals surface area contributed by atoms with Crippen LogP contribution in [0.15, 0.2) is 0 Å². The number of primary amides is 1. The van der Waals surface area contributed by atoms with E-state index in [0.29, 0.717) is 6.04 Å². The molecule has 1 saturated heterocycles. The second kappa shape index (κ2) is 5.41. The second-order valence-electron chi connectivity index (χ2n) is 5.08. The third-order valence-electron chi connectivity index (χ3n) is 3.83. The lowest BCUT2D eigenvalue weighted by atomic mass is 9.95. The zero-order valence-corrected chi connectivity index (χ0v) is 10.7. The molecule has 1 amide bonds. The summed E-state index contributed by atoms with van der Waals surface area (Å²) in [5, 5.41) is 3.58. The van der Waals surface area contributed by atoms with Crippen molar-refractivity contribution in [2.75, 3.05) is 11.5 Å². The van der Waals surface area contributed by atoms with Crippen LogP contribution in [0.3, 0.4) is 0 Å². The molecule has 1 unspecified atom stereocenters. The number of hydrogen-bond donors (Lipinski definition) is 2.